The monoisotopic (exact) mass is 453 g/mol. The first-order valence-corrected chi connectivity index (χ1v) is 10.3. The number of hydrogen-bond acceptors (Lipinski definition) is 3. The molecule has 0 aliphatic carbocycles. The largest absolute Gasteiger partial charge is 0.484 e. The summed E-state index contributed by atoms with van der Waals surface area (Å²) in [5.41, 5.74) is 8.07. The summed E-state index contributed by atoms with van der Waals surface area (Å²) in [6.07, 6.45) is 2.68. The third-order valence-electron chi connectivity index (χ3n) is 4.65. The van der Waals surface area contributed by atoms with Crippen LogP contribution in [0, 0.1) is 13.8 Å². The minimum absolute atomic E-state index is 0.0955. The Morgan fingerprint density at radius 1 is 1.14 bits per heavy atom. The van der Waals surface area contributed by atoms with Gasteiger partial charge in [0.25, 0.3) is 5.91 Å². The minimum Gasteiger partial charge on any atom is -0.484 e. The summed E-state index contributed by atoms with van der Waals surface area (Å²) in [6, 6.07) is 17.9. The van der Waals surface area contributed by atoms with Crippen molar-refractivity contribution < 1.29 is 9.53 Å². The number of amides is 1. The van der Waals surface area contributed by atoms with Crippen LogP contribution in [-0.2, 0) is 11.2 Å². The zero-order valence-electron chi connectivity index (χ0n) is 16.8. The summed E-state index contributed by atoms with van der Waals surface area (Å²) >= 11 is 3.36. The Labute approximate surface area is 179 Å². The SMILES string of the molecule is CCc1ccc(-n2c(C)cc(/C=N\NC(=O)COc3ccc(Br)cc3)c2C)cc1. The molecule has 0 aliphatic heterocycles. The number of carbonyl (C=O) groups is 1. The predicted octanol–water partition coefficient (Wildman–Crippen LogP) is 4.95. The van der Waals surface area contributed by atoms with Gasteiger partial charge in [-0.1, -0.05) is 35.0 Å². The quantitative estimate of drug-likeness (QED) is 0.406. The van der Waals surface area contributed by atoms with Crippen LogP contribution in [0.2, 0.25) is 0 Å². The molecule has 0 radical (unpaired) electrons. The third-order valence-corrected chi connectivity index (χ3v) is 5.18. The fourth-order valence-corrected chi connectivity index (χ4v) is 3.35. The zero-order chi connectivity index (χ0) is 20.8. The molecule has 2 aromatic carbocycles. The molecule has 0 saturated carbocycles. The van der Waals surface area contributed by atoms with Gasteiger partial charge in [-0.25, -0.2) is 5.43 Å². The number of aromatic nitrogens is 1. The van der Waals surface area contributed by atoms with Gasteiger partial charge in [0.05, 0.1) is 6.21 Å². The van der Waals surface area contributed by atoms with Gasteiger partial charge in [-0.15, -0.1) is 0 Å². The lowest BCUT2D eigenvalue weighted by Gasteiger charge is -2.10. The van der Waals surface area contributed by atoms with Crippen molar-refractivity contribution in [3.05, 3.63) is 81.6 Å². The van der Waals surface area contributed by atoms with Crippen molar-refractivity contribution in [3.8, 4) is 11.4 Å². The standard InChI is InChI=1S/C23H24BrN3O2/c1-4-18-5-9-21(10-6-18)27-16(2)13-19(17(27)3)14-25-26-23(28)15-29-22-11-7-20(24)8-12-22/h5-14H,4,15H2,1-3H3,(H,26,28)/b25-14-. The Kier molecular flexibility index (Phi) is 6.88. The van der Waals surface area contributed by atoms with Crippen LogP contribution in [0.3, 0.4) is 0 Å². The lowest BCUT2D eigenvalue weighted by Crippen LogP contribution is -2.24. The molecular formula is C23H24BrN3O2. The molecule has 0 atom stereocenters. The van der Waals surface area contributed by atoms with Crippen LogP contribution in [0.1, 0.15) is 29.4 Å². The van der Waals surface area contributed by atoms with E-state index in [1.165, 1.54) is 5.56 Å². The maximum atomic E-state index is 11.9. The Morgan fingerprint density at radius 3 is 2.48 bits per heavy atom. The van der Waals surface area contributed by atoms with Crippen molar-refractivity contribution in [3.63, 3.8) is 0 Å². The molecule has 150 valence electrons. The second-order valence-electron chi connectivity index (χ2n) is 6.72. The van der Waals surface area contributed by atoms with Crippen molar-refractivity contribution >= 4 is 28.1 Å². The Hall–Kier alpha value is -2.86. The van der Waals surface area contributed by atoms with Gasteiger partial charge in [-0.3, -0.25) is 4.79 Å². The van der Waals surface area contributed by atoms with E-state index in [1.54, 1.807) is 18.3 Å². The fraction of sp³-hybridized carbons (Fsp3) is 0.217. The number of hydrazone groups is 1. The molecule has 6 heteroatoms. The summed E-state index contributed by atoms with van der Waals surface area (Å²) in [4.78, 5) is 11.9. The van der Waals surface area contributed by atoms with Gasteiger partial charge in [0.2, 0.25) is 0 Å². The summed E-state index contributed by atoms with van der Waals surface area (Å²) in [6.45, 7) is 6.15. The molecule has 0 unspecified atom stereocenters. The topological polar surface area (TPSA) is 55.6 Å². The van der Waals surface area contributed by atoms with E-state index in [0.717, 1.165) is 33.5 Å². The lowest BCUT2D eigenvalue weighted by molar-refractivity contribution is -0.123. The Balaban J connectivity index is 1.61. The second-order valence-corrected chi connectivity index (χ2v) is 7.63. The molecule has 0 saturated heterocycles. The van der Waals surface area contributed by atoms with Crippen molar-refractivity contribution in [2.24, 2.45) is 5.10 Å². The molecule has 0 fully saturated rings. The predicted molar refractivity (Wildman–Crippen MR) is 120 cm³/mol. The molecule has 3 rings (SSSR count). The highest BCUT2D eigenvalue weighted by atomic mass is 79.9. The number of nitrogens with one attached hydrogen (secondary N) is 1. The summed E-state index contributed by atoms with van der Waals surface area (Å²) < 4.78 is 8.57. The van der Waals surface area contributed by atoms with E-state index >= 15 is 0 Å². The smallest absolute Gasteiger partial charge is 0.277 e. The maximum absolute atomic E-state index is 11.9. The van der Waals surface area contributed by atoms with Crippen LogP contribution >= 0.6 is 15.9 Å². The van der Waals surface area contributed by atoms with E-state index in [9.17, 15) is 4.79 Å². The van der Waals surface area contributed by atoms with Gasteiger partial charge in [-0.2, -0.15) is 5.10 Å². The summed E-state index contributed by atoms with van der Waals surface area (Å²) in [5.74, 6) is 0.318. The molecule has 1 amide bonds. The molecule has 29 heavy (non-hydrogen) atoms. The molecule has 5 nitrogen and oxygen atoms in total. The maximum Gasteiger partial charge on any atom is 0.277 e. The molecule has 0 aliphatic rings. The van der Waals surface area contributed by atoms with Gasteiger partial charge in [0, 0.05) is 27.1 Å². The number of nitrogens with zero attached hydrogens (tertiary/aromatic N) is 2. The van der Waals surface area contributed by atoms with Gasteiger partial charge in [0.1, 0.15) is 5.75 Å². The van der Waals surface area contributed by atoms with Crippen LogP contribution in [0.15, 0.2) is 64.2 Å². The zero-order valence-corrected chi connectivity index (χ0v) is 18.4. The number of hydrogen-bond donors (Lipinski definition) is 1. The third kappa shape index (κ3) is 5.35. The lowest BCUT2D eigenvalue weighted by atomic mass is 10.1. The van der Waals surface area contributed by atoms with Gasteiger partial charge in [-0.05, 0) is 68.3 Å². The highest BCUT2D eigenvalue weighted by Gasteiger charge is 2.09. The first-order valence-electron chi connectivity index (χ1n) is 9.46. The van der Waals surface area contributed by atoms with E-state index in [4.69, 9.17) is 4.74 Å². The molecule has 0 spiro atoms. The number of halogens is 1. The average molecular weight is 454 g/mol. The highest BCUT2D eigenvalue weighted by molar-refractivity contribution is 9.10. The number of benzene rings is 2. The number of carbonyl (C=O) groups excluding carboxylic acids is 1. The number of aryl methyl sites for hydroxylation is 2. The summed E-state index contributed by atoms with van der Waals surface area (Å²) in [7, 11) is 0. The van der Waals surface area contributed by atoms with E-state index < -0.39 is 0 Å². The van der Waals surface area contributed by atoms with Crippen molar-refractivity contribution in [2.75, 3.05) is 6.61 Å². The Morgan fingerprint density at radius 2 is 1.83 bits per heavy atom. The van der Waals surface area contributed by atoms with E-state index in [2.05, 4.69) is 75.2 Å². The number of rotatable bonds is 7. The van der Waals surface area contributed by atoms with Gasteiger partial charge < -0.3 is 9.30 Å². The molecule has 1 aromatic heterocycles. The molecule has 0 bridgehead atoms. The first kappa shape index (κ1) is 20.9. The molecular weight excluding hydrogens is 430 g/mol. The molecule has 1 N–H and O–H groups in total. The second kappa shape index (κ2) is 9.56. The van der Waals surface area contributed by atoms with Crippen LogP contribution < -0.4 is 10.2 Å². The normalized spacial score (nSPS) is 11.0. The minimum atomic E-state index is -0.312. The Bertz CT molecular complexity index is 1010. The van der Waals surface area contributed by atoms with Crippen molar-refractivity contribution in [2.45, 2.75) is 27.2 Å². The van der Waals surface area contributed by atoms with E-state index in [0.29, 0.717) is 5.75 Å². The van der Waals surface area contributed by atoms with E-state index in [-0.39, 0.29) is 12.5 Å². The van der Waals surface area contributed by atoms with Gasteiger partial charge >= 0.3 is 0 Å². The van der Waals surface area contributed by atoms with E-state index in [1.807, 2.05) is 19.1 Å². The molecule has 1 heterocycles. The van der Waals surface area contributed by atoms with Crippen LogP contribution in [-0.4, -0.2) is 23.3 Å². The van der Waals surface area contributed by atoms with Crippen LogP contribution in [0.4, 0.5) is 0 Å². The number of ether oxygens (including phenoxy) is 1. The first-order chi connectivity index (χ1) is 14.0. The highest BCUT2D eigenvalue weighted by Crippen LogP contribution is 2.20. The van der Waals surface area contributed by atoms with Gasteiger partial charge in [0.15, 0.2) is 6.61 Å². The van der Waals surface area contributed by atoms with Crippen molar-refractivity contribution in [1.82, 2.24) is 9.99 Å². The van der Waals surface area contributed by atoms with Crippen LogP contribution in [0.5, 0.6) is 5.75 Å². The average Bonchev–Trinajstić information content (AvgIpc) is 3.01. The van der Waals surface area contributed by atoms with Crippen molar-refractivity contribution in [1.29, 1.82) is 0 Å². The van der Waals surface area contributed by atoms with Crippen LogP contribution in [0.25, 0.3) is 5.69 Å². The fourth-order valence-electron chi connectivity index (χ4n) is 3.08. The summed E-state index contributed by atoms with van der Waals surface area (Å²) in [5, 5.41) is 4.08. The molecule has 3 aromatic rings.